The average Bonchev–Trinajstić information content (AvgIpc) is 2.71. The van der Waals surface area contributed by atoms with Gasteiger partial charge >= 0.3 is 0 Å². The second-order valence-electron chi connectivity index (χ2n) is 5.47. The van der Waals surface area contributed by atoms with Crippen LogP contribution < -0.4 is 5.32 Å². The van der Waals surface area contributed by atoms with Crippen molar-refractivity contribution in [1.82, 2.24) is 10.2 Å². The molecule has 2 aliphatic rings. The maximum absolute atomic E-state index is 12.9. The Morgan fingerprint density at radius 2 is 2.27 bits per heavy atom. The normalized spacial score (nSPS) is 34.7. The lowest BCUT2D eigenvalue weighted by Crippen LogP contribution is -2.42. The van der Waals surface area contributed by atoms with Crippen molar-refractivity contribution in [3.05, 3.63) is 0 Å². The van der Waals surface area contributed by atoms with Crippen LogP contribution >= 0.6 is 0 Å². The van der Waals surface area contributed by atoms with Gasteiger partial charge in [0.1, 0.15) is 6.17 Å². The topological polar surface area (TPSA) is 32.3 Å². The van der Waals surface area contributed by atoms with Crippen LogP contribution in [0.1, 0.15) is 26.7 Å². The van der Waals surface area contributed by atoms with Crippen molar-refractivity contribution in [3.63, 3.8) is 0 Å². The van der Waals surface area contributed by atoms with E-state index in [0.717, 1.165) is 19.5 Å². The molecule has 1 N–H and O–H groups in total. The van der Waals surface area contributed by atoms with E-state index in [-0.39, 0.29) is 17.4 Å². The quantitative estimate of drug-likeness (QED) is 0.704. The number of nitrogens with zero attached hydrogens (tertiary/aromatic N) is 1. The third-order valence-corrected chi connectivity index (χ3v) is 3.36. The van der Waals surface area contributed by atoms with Crippen LogP contribution in [0.3, 0.4) is 0 Å². The van der Waals surface area contributed by atoms with E-state index in [4.69, 9.17) is 0 Å². The first-order chi connectivity index (χ1) is 6.98. The minimum absolute atomic E-state index is 0.0840. The SMILES string of the molecule is CC1(C)CCN(C(=O)[C@H]2C[C@H](F)CN2)C1. The molecule has 2 heterocycles. The smallest absolute Gasteiger partial charge is 0.239 e. The summed E-state index contributed by atoms with van der Waals surface area (Å²) < 4.78 is 12.9. The number of halogens is 1. The molecular weight excluding hydrogens is 195 g/mol. The molecule has 4 heteroatoms. The number of likely N-dealkylation sites (tertiary alicyclic amines) is 1. The Labute approximate surface area is 90.0 Å². The Morgan fingerprint density at radius 1 is 1.53 bits per heavy atom. The molecular formula is C11H19FN2O. The van der Waals surface area contributed by atoms with Gasteiger partial charge in [0, 0.05) is 26.1 Å². The lowest BCUT2D eigenvalue weighted by atomic mass is 9.93. The number of amides is 1. The van der Waals surface area contributed by atoms with Gasteiger partial charge in [0.2, 0.25) is 5.91 Å². The van der Waals surface area contributed by atoms with Crippen molar-refractivity contribution >= 4 is 5.91 Å². The lowest BCUT2D eigenvalue weighted by molar-refractivity contribution is -0.132. The number of carbonyl (C=O) groups excluding carboxylic acids is 1. The molecule has 3 nitrogen and oxygen atoms in total. The molecule has 2 fully saturated rings. The van der Waals surface area contributed by atoms with Crippen LogP contribution in [0.25, 0.3) is 0 Å². The van der Waals surface area contributed by atoms with E-state index in [0.29, 0.717) is 13.0 Å². The van der Waals surface area contributed by atoms with Gasteiger partial charge in [0.15, 0.2) is 0 Å². The predicted octanol–water partition coefficient (Wildman–Crippen LogP) is 0.945. The van der Waals surface area contributed by atoms with Crippen LogP contribution in [0.15, 0.2) is 0 Å². The van der Waals surface area contributed by atoms with Crippen molar-refractivity contribution in [1.29, 1.82) is 0 Å². The number of nitrogens with one attached hydrogen (secondary N) is 1. The molecule has 2 saturated heterocycles. The maximum Gasteiger partial charge on any atom is 0.239 e. The van der Waals surface area contributed by atoms with Gasteiger partial charge in [-0.3, -0.25) is 4.79 Å². The zero-order valence-corrected chi connectivity index (χ0v) is 9.42. The third-order valence-electron chi connectivity index (χ3n) is 3.36. The predicted molar refractivity (Wildman–Crippen MR) is 56.3 cm³/mol. The summed E-state index contributed by atoms with van der Waals surface area (Å²) in [6.07, 6.45) is 0.537. The van der Waals surface area contributed by atoms with Gasteiger partial charge < -0.3 is 10.2 Å². The second-order valence-corrected chi connectivity index (χ2v) is 5.47. The molecule has 1 amide bonds. The minimum Gasteiger partial charge on any atom is -0.341 e. The third kappa shape index (κ3) is 2.30. The summed E-state index contributed by atoms with van der Waals surface area (Å²) in [4.78, 5) is 13.8. The van der Waals surface area contributed by atoms with E-state index < -0.39 is 6.17 Å². The molecule has 15 heavy (non-hydrogen) atoms. The van der Waals surface area contributed by atoms with Crippen LogP contribution in [-0.2, 0) is 4.79 Å². The highest BCUT2D eigenvalue weighted by molar-refractivity contribution is 5.82. The summed E-state index contributed by atoms with van der Waals surface area (Å²) in [5.41, 5.74) is 0.226. The molecule has 0 aromatic heterocycles. The molecule has 0 spiro atoms. The molecule has 0 aromatic carbocycles. The van der Waals surface area contributed by atoms with E-state index in [1.165, 1.54) is 0 Å². The molecule has 0 bridgehead atoms. The van der Waals surface area contributed by atoms with Gasteiger partial charge in [-0.1, -0.05) is 13.8 Å². The highest BCUT2D eigenvalue weighted by atomic mass is 19.1. The molecule has 0 aliphatic carbocycles. The fourth-order valence-electron chi connectivity index (χ4n) is 2.40. The molecule has 2 atom stereocenters. The highest BCUT2D eigenvalue weighted by Crippen LogP contribution is 2.29. The van der Waals surface area contributed by atoms with Crippen LogP contribution in [0.4, 0.5) is 4.39 Å². The summed E-state index contributed by atoms with van der Waals surface area (Å²) in [7, 11) is 0. The molecule has 2 rings (SSSR count). The lowest BCUT2D eigenvalue weighted by Gasteiger charge is -2.22. The Hall–Kier alpha value is -0.640. The summed E-state index contributed by atoms with van der Waals surface area (Å²) in [5, 5.41) is 2.94. The molecule has 0 saturated carbocycles. The van der Waals surface area contributed by atoms with E-state index >= 15 is 0 Å². The van der Waals surface area contributed by atoms with E-state index in [9.17, 15) is 9.18 Å². The Bertz CT molecular complexity index is 267. The summed E-state index contributed by atoms with van der Waals surface area (Å²) >= 11 is 0. The van der Waals surface area contributed by atoms with Gasteiger partial charge in [-0.05, 0) is 11.8 Å². The number of alkyl halides is 1. The number of carbonyl (C=O) groups is 1. The van der Waals surface area contributed by atoms with Crippen LogP contribution in [-0.4, -0.2) is 42.7 Å². The van der Waals surface area contributed by atoms with Crippen molar-refractivity contribution in [3.8, 4) is 0 Å². The van der Waals surface area contributed by atoms with Gasteiger partial charge in [-0.15, -0.1) is 0 Å². The average molecular weight is 214 g/mol. The monoisotopic (exact) mass is 214 g/mol. The van der Waals surface area contributed by atoms with Crippen molar-refractivity contribution < 1.29 is 9.18 Å². The van der Waals surface area contributed by atoms with Crippen LogP contribution in [0.5, 0.6) is 0 Å². The van der Waals surface area contributed by atoms with Crippen molar-refractivity contribution in [2.24, 2.45) is 5.41 Å². The van der Waals surface area contributed by atoms with Gasteiger partial charge in [0.05, 0.1) is 6.04 Å². The standard InChI is InChI=1S/C11H19FN2O/c1-11(2)3-4-14(7-11)10(15)9-5-8(12)6-13-9/h8-9,13H,3-7H2,1-2H3/t8-,9+/m0/s1. The van der Waals surface area contributed by atoms with E-state index in [2.05, 4.69) is 19.2 Å². The number of hydrogen-bond acceptors (Lipinski definition) is 2. The summed E-state index contributed by atoms with van der Waals surface area (Å²) in [6, 6.07) is -0.283. The van der Waals surface area contributed by atoms with Crippen molar-refractivity contribution in [2.75, 3.05) is 19.6 Å². The van der Waals surface area contributed by atoms with Crippen LogP contribution in [0, 0.1) is 5.41 Å². The van der Waals surface area contributed by atoms with E-state index in [1.54, 1.807) is 0 Å². The fraction of sp³-hybridized carbons (Fsp3) is 0.909. The summed E-state index contributed by atoms with van der Waals surface area (Å²) in [6.45, 7) is 6.29. The Morgan fingerprint density at radius 3 is 2.73 bits per heavy atom. The van der Waals surface area contributed by atoms with Gasteiger partial charge in [-0.25, -0.2) is 4.39 Å². The zero-order valence-electron chi connectivity index (χ0n) is 9.42. The zero-order chi connectivity index (χ0) is 11.1. The molecule has 0 radical (unpaired) electrons. The van der Waals surface area contributed by atoms with Gasteiger partial charge in [-0.2, -0.15) is 0 Å². The minimum atomic E-state index is -0.852. The van der Waals surface area contributed by atoms with Crippen LogP contribution in [0.2, 0.25) is 0 Å². The molecule has 86 valence electrons. The van der Waals surface area contributed by atoms with E-state index in [1.807, 2.05) is 4.90 Å². The maximum atomic E-state index is 12.9. The van der Waals surface area contributed by atoms with Crippen molar-refractivity contribution in [2.45, 2.75) is 38.9 Å². The first kappa shape index (κ1) is 10.9. The second kappa shape index (κ2) is 3.74. The highest BCUT2D eigenvalue weighted by Gasteiger charge is 2.37. The molecule has 0 aromatic rings. The molecule has 0 unspecified atom stereocenters. The fourth-order valence-corrected chi connectivity index (χ4v) is 2.40. The first-order valence-corrected chi connectivity index (χ1v) is 5.64. The Balaban J connectivity index is 1.92. The summed E-state index contributed by atoms with van der Waals surface area (Å²) in [5.74, 6) is 0.0840. The largest absolute Gasteiger partial charge is 0.341 e. The Kier molecular flexibility index (Phi) is 2.71. The number of hydrogen-bond donors (Lipinski definition) is 1. The number of rotatable bonds is 1. The first-order valence-electron chi connectivity index (χ1n) is 5.64. The molecule has 2 aliphatic heterocycles. The van der Waals surface area contributed by atoms with Gasteiger partial charge in [0.25, 0.3) is 0 Å².